The summed E-state index contributed by atoms with van der Waals surface area (Å²) in [5, 5.41) is 8.98. The number of likely N-dealkylation sites (N-methyl/N-ethyl adjacent to an activating group) is 2. The SMILES string of the molecule is CC/C=C/CCCCC(=O)N(C)CC[N+](C)(C)CCO. The number of unbranched alkanes of at least 4 members (excludes halogenated alkanes) is 2. The van der Waals surface area contributed by atoms with Crippen LogP contribution in [0.5, 0.6) is 0 Å². The molecule has 0 aliphatic carbocycles. The third-order valence-corrected chi connectivity index (χ3v) is 3.59. The highest BCUT2D eigenvalue weighted by atomic mass is 16.3. The van der Waals surface area contributed by atoms with Gasteiger partial charge in [0.05, 0.1) is 33.8 Å². The third kappa shape index (κ3) is 9.98. The molecule has 4 heteroatoms. The van der Waals surface area contributed by atoms with Crippen molar-refractivity contribution in [1.82, 2.24) is 4.90 Å². The molecule has 1 N–H and O–H groups in total. The van der Waals surface area contributed by atoms with E-state index in [-0.39, 0.29) is 12.5 Å². The fourth-order valence-corrected chi connectivity index (χ4v) is 1.94. The molecule has 1 amide bonds. The summed E-state index contributed by atoms with van der Waals surface area (Å²) in [7, 11) is 6.03. The van der Waals surface area contributed by atoms with Gasteiger partial charge >= 0.3 is 0 Å². The highest BCUT2D eigenvalue weighted by Gasteiger charge is 2.16. The van der Waals surface area contributed by atoms with E-state index >= 15 is 0 Å². The van der Waals surface area contributed by atoms with Gasteiger partial charge in [0.1, 0.15) is 6.54 Å². The van der Waals surface area contributed by atoms with Gasteiger partial charge in [0.2, 0.25) is 5.91 Å². The van der Waals surface area contributed by atoms with Crippen molar-refractivity contribution in [2.45, 2.75) is 39.0 Å². The molecule has 0 aliphatic rings. The summed E-state index contributed by atoms with van der Waals surface area (Å²) < 4.78 is 0.746. The monoisotopic (exact) mass is 285 g/mol. The molecule has 0 fully saturated rings. The van der Waals surface area contributed by atoms with Crippen LogP contribution in [0.4, 0.5) is 0 Å². The van der Waals surface area contributed by atoms with Crippen LogP contribution < -0.4 is 0 Å². The fraction of sp³-hybridized carbons (Fsp3) is 0.812. The maximum Gasteiger partial charge on any atom is 0.222 e. The second-order valence-electron chi connectivity index (χ2n) is 6.05. The number of aliphatic hydroxyl groups excluding tert-OH is 1. The average Bonchev–Trinajstić information content (AvgIpc) is 2.39. The number of carbonyl (C=O) groups is 1. The second kappa shape index (κ2) is 10.9. The summed E-state index contributed by atoms with van der Waals surface area (Å²) in [5.41, 5.74) is 0. The van der Waals surface area contributed by atoms with Crippen LogP contribution in [0.25, 0.3) is 0 Å². The Balaban J connectivity index is 3.78. The zero-order valence-corrected chi connectivity index (χ0v) is 13.8. The van der Waals surface area contributed by atoms with Crippen LogP contribution in [0, 0.1) is 0 Å². The average molecular weight is 285 g/mol. The number of carbonyl (C=O) groups excluding carboxylic acids is 1. The minimum atomic E-state index is 0.190. The number of amides is 1. The molecule has 0 spiro atoms. The number of allylic oxidation sites excluding steroid dienone is 2. The van der Waals surface area contributed by atoms with Crippen molar-refractivity contribution >= 4 is 5.91 Å². The smallest absolute Gasteiger partial charge is 0.222 e. The number of aliphatic hydroxyl groups is 1. The molecule has 0 aliphatic heterocycles. The van der Waals surface area contributed by atoms with Crippen molar-refractivity contribution in [1.29, 1.82) is 0 Å². The van der Waals surface area contributed by atoms with Gasteiger partial charge in [-0.15, -0.1) is 0 Å². The number of rotatable bonds is 11. The molecule has 0 saturated heterocycles. The quantitative estimate of drug-likeness (QED) is 0.358. The van der Waals surface area contributed by atoms with E-state index < -0.39 is 0 Å². The lowest BCUT2D eigenvalue weighted by Crippen LogP contribution is -2.47. The third-order valence-electron chi connectivity index (χ3n) is 3.59. The summed E-state index contributed by atoms with van der Waals surface area (Å²) in [6.07, 6.45) is 9.23. The Hall–Kier alpha value is -0.870. The molecule has 0 saturated carbocycles. The van der Waals surface area contributed by atoms with Gasteiger partial charge in [-0.3, -0.25) is 4.79 Å². The van der Waals surface area contributed by atoms with E-state index in [1.165, 1.54) is 0 Å². The van der Waals surface area contributed by atoms with Crippen LogP contribution in [-0.4, -0.2) is 67.8 Å². The van der Waals surface area contributed by atoms with E-state index in [1.807, 2.05) is 11.9 Å². The first-order valence-corrected chi connectivity index (χ1v) is 7.74. The summed E-state index contributed by atoms with van der Waals surface area (Å²) >= 11 is 0. The molecule has 0 heterocycles. The van der Waals surface area contributed by atoms with Gasteiger partial charge in [0, 0.05) is 13.5 Å². The Morgan fingerprint density at radius 1 is 1.20 bits per heavy atom. The highest BCUT2D eigenvalue weighted by molar-refractivity contribution is 5.75. The van der Waals surface area contributed by atoms with E-state index in [9.17, 15) is 4.79 Å². The molecule has 0 rings (SSSR count). The molecule has 0 atom stereocenters. The van der Waals surface area contributed by atoms with Crippen LogP contribution in [-0.2, 0) is 4.79 Å². The fourth-order valence-electron chi connectivity index (χ4n) is 1.94. The summed E-state index contributed by atoms with van der Waals surface area (Å²) in [6, 6.07) is 0. The Morgan fingerprint density at radius 3 is 2.50 bits per heavy atom. The first-order valence-electron chi connectivity index (χ1n) is 7.74. The predicted octanol–water partition coefficient (Wildman–Crippen LogP) is 2.04. The molecule has 0 aromatic rings. The zero-order valence-electron chi connectivity index (χ0n) is 13.8. The summed E-state index contributed by atoms with van der Waals surface area (Å²) in [5.74, 6) is 0.230. The first kappa shape index (κ1) is 19.1. The van der Waals surface area contributed by atoms with Crippen molar-refractivity contribution in [2.24, 2.45) is 0 Å². The van der Waals surface area contributed by atoms with Gasteiger partial charge < -0.3 is 14.5 Å². The van der Waals surface area contributed by atoms with Gasteiger partial charge in [0.15, 0.2) is 0 Å². The van der Waals surface area contributed by atoms with E-state index in [0.717, 1.165) is 49.8 Å². The normalized spacial score (nSPS) is 12.1. The molecule has 0 bridgehead atoms. The molecular weight excluding hydrogens is 252 g/mol. The van der Waals surface area contributed by atoms with E-state index in [0.29, 0.717) is 6.42 Å². The zero-order chi connectivity index (χ0) is 15.4. The lowest BCUT2D eigenvalue weighted by molar-refractivity contribution is -0.890. The van der Waals surface area contributed by atoms with Gasteiger partial charge in [-0.2, -0.15) is 0 Å². The van der Waals surface area contributed by atoms with Crippen LogP contribution in [0.1, 0.15) is 39.0 Å². The molecule has 4 nitrogen and oxygen atoms in total. The van der Waals surface area contributed by atoms with Crippen molar-refractivity contribution in [3.8, 4) is 0 Å². The Kier molecular flexibility index (Phi) is 10.4. The molecule has 0 unspecified atom stereocenters. The van der Waals surface area contributed by atoms with Crippen molar-refractivity contribution < 1.29 is 14.4 Å². The molecule has 0 radical (unpaired) electrons. The maximum atomic E-state index is 12.0. The minimum Gasteiger partial charge on any atom is -0.391 e. The number of nitrogens with zero attached hydrogens (tertiary/aromatic N) is 2. The molecule has 20 heavy (non-hydrogen) atoms. The standard InChI is InChI=1S/C16H33N2O2/c1-5-6-7-8-9-10-11-16(20)17(2)12-13-18(3,4)14-15-19/h6-7,19H,5,8-15H2,1-4H3/q+1/b7-6+. The van der Waals surface area contributed by atoms with Gasteiger partial charge in [-0.25, -0.2) is 0 Å². The van der Waals surface area contributed by atoms with Crippen molar-refractivity contribution in [3.63, 3.8) is 0 Å². The van der Waals surface area contributed by atoms with Crippen LogP contribution >= 0.6 is 0 Å². The van der Waals surface area contributed by atoms with Crippen LogP contribution in [0.15, 0.2) is 12.2 Å². The van der Waals surface area contributed by atoms with Gasteiger partial charge in [0.25, 0.3) is 0 Å². The largest absolute Gasteiger partial charge is 0.391 e. The topological polar surface area (TPSA) is 40.5 Å². The lowest BCUT2D eigenvalue weighted by Gasteiger charge is -2.31. The van der Waals surface area contributed by atoms with Crippen molar-refractivity contribution in [2.75, 3.05) is 47.4 Å². The number of quaternary nitrogens is 1. The Morgan fingerprint density at radius 2 is 1.90 bits per heavy atom. The van der Waals surface area contributed by atoms with E-state index in [1.54, 1.807) is 0 Å². The second-order valence-corrected chi connectivity index (χ2v) is 6.05. The molecular formula is C16H33N2O2+. The number of hydrogen-bond donors (Lipinski definition) is 1. The lowest BCUT2D eigenvalue weighted by atomic mass is 10.1. The molecule has 0 aromatic carbocycles. The number of hydrogen-bond acceptors (Lipinski definition) is 2. The maximum absolute atomic E-state index is 12.0. The first-order chi connectivity index (χ1) is 9.43. The molecule has 118 valence electrons. The molecule has 0 aromatic heterocycles. The van der Waals surface area contributed by atoms with Gasteiger partial charge in [-0.1, -0.05) is 19.1 Å². The van der Waals surface area contributed by atoms with Gasteiger partial charge in [-0.05, 0) is 25.7 Å². The Labute approximate surface area is 124 Å². The van der Waals surface area contributed by atoms with E-state index in [2.05, 4.69) is 33.2 Å². The van der Waals surface area contributed by atoms with Crippen molar-refractivity contribution in [3.05, 3.63) is 12.2 Å². The summed E-state index contributed by atoms with van der Waals surface area (Å²) in [4.78, 5) is 13.8. The van der Waals surface area contributed by atoms with Crippen LogP contribution in [0.2, 0.25) is 0 Å². The predicted molar refractivity (Wildman–Crippen MR) is 84.5 cm³/mol. The summed E-state index contributed by atoms with van der Waals surface area (Å²) in [6.45, 7) is 4.68. The highest BCUT2D eigenvalue weighted by Crippen LogP contribution is 2.04. The van der Waals surface area contributed by atoms with Crippen LogP contribution in [0.3, 0.4) is 0 Å². The van der Waals surface area contributed by atoms with E-state index in [4.69, 9.17) is 5.11 Å². The minimum absolute atomic E-state index is 0.190. The Bertz CT molecular complexity index is 288.